The molecule has 0 saturated carbocycles. The van der Waals surface area contributed by atoms with E-state index in [2.05, 4.69) is 41.5 Å². The Morgan fingerprint density at radius 3 is 2.56 bits per heavy atom. The molecule has 2 rings (SSSR count). The summed E-state index contributed by atoms with van der Waals surface area (Å²) in [5.74, 6) is 0. The summed E-state index contributed by atoms with van der Waals surface area (Å²) in [5.41, 5.74) is 1.26. The molecular formula is C13H17NOS. The van der Waals surface area contributed by atoms with E-state index in [1.54, 1.807) is 11.8 Å². The van der Waals surface area contributed by atoms with E-state index in [1.165, 1.54) is 10.6 Å². The molecule has 1 heterocycles. The topological polar surface area (TPSA) is 12.5 Å². The molecule has 0 radical (unpaired) electrons. The summed E-state index contributed by atoms with van der Waals surface area (Å²) in [6.07, 6.45) is 4.38. The minimum absolute atomic E-state index is 0.840. The highest BCUT2D eigenvalue weighted by molar-refractivity contribution is 8.02. The van der Waals surface area contributed by atoms with Crippen LogP contribution in [0.5, 0.6) is 0 Å². The van der Waals surface area contributed by atoms with Crippen molar-refractivity contribution < 1.29 is 4.74 Å². The third-order valence-corrected chi connectivity index (χ3v) is 3.42. The fourth-order valence-electron chi connectivity index (χ4n) is 1.75. The maximum absolute atomic E-state index is 5.37. The first-order chi connectivity index (χ1) is 7.90. The highest BCUT2D eigenvalue weighted by Gasteiger charge is 2.12. The molecule has 0 bridgehead atoms. The van der Waals surface area contributed by atoms with Crippen LogP contribution in [0.25, 0.3) is 6.08 Å². The largest absolute Gasteiger partial charge is 0.378 e. The molecule has 1 fully saturated rings. The van der Waals surface area contributed by atoms with Crippen LogP contribution in [0.3, 0.4) is 0 Å². The van der Waals surface area contributed by atoms with Crippen LogP contribution in [0.1, 0.15) is 5.56 Å². The number of thioether (sulfide) groups is 1. The molecule has 2 nitrogen and oxygen atoms in total. The van der Waals surface area contributed by atoms with Gasteiger partial charge in [-0.1, -0.05) is 30.3 Å². The van der Waals surface area contributed by atoms with Crippen LogP contribution in [0.2, 0.25) is 0 Å². The lowest BCUT2D eigenvalue weighted by molar-refractivity contribution is 0.0581. The lowest BCUT2D eigenvalue weighted by Crippen LogP contribution is -2.34. The predicted octanol–water partition coefficient (Wildman–Crippen LogP) is 2.68. The number of benzene rings is 1. The van der Waals surface area contributed by atoms with Crippen molar-refractivity contribution in [3.05, 3.63) is 40.9 Å². The third kappa shape index (κ3) is 3.03. The molecule has 0 spiro atoms. The number of nitrogens with zero attached hydrogens (tertiary/aromatic N) is 1. The van der Waals surface area contributed by atoms with E-state index in [4.69, 9.17) is 4.74 Å². The Morgan fingerprint density at radius 2 is 1.94 bits per heavy atom. The zero-order chi connectivity index (χ0) is 11.2. The van der Waals surface area contributed by atoms with Gasteiger partial charge >= 0.3 is 0 Å². The first kappa shape index (κ1) is 11.6. The summed E-state index contributed by atoms with van der Waals surface area (Å²) in [5, 5.41) is 1.33. The summed E-state index contributed by atoms with van der Waals surface area (Å²) in [6, 6.07) is 10.5. The average molecular weight is 235 g/mol. The monoisotopic (exact) mass is 235 g/mol. The van der Waals surface area contributed by atoms with Crippen molar-refractivity contribution in [2.24, 2.45) is 0 Å². The van der Waals surface area contributed by atoms with E-state index >= 15 is 0 Å². The normalized spacial score (nSPS) is 17.6. The molecule has 0 unspecified atom stereocenters. The van der Waals surface area contributed by atoms with Crippen LogP contribution < -0.4 is 0 Å². The van der Waals surface area contributed by atoms with E-state index in [0.717, 1.165) is 26.3 Å². The molecule has 0 N–H and O–H groups in total. The molecular weight excluding hydrogens is 218 g/mol. The maximum atomic E-state index is 5.37. The summed E-state index contributed by atoms with van der Waals surface area (Å²) in [7, 11) is 0. The quantitative estimate of drug-likeness (QED) is 0.799. The fourth-order valence-corrected chi connectivity index (χ4v) is 2.45. The van der Waals surface area contributed by atoms with Crippen molar-refractivity contribution in [3.63, 3.8) is 0 Å². The molecule has 16 heavy (non-hydrogen) atoms. The number of morpholine rings is 1. The molecule has 1 aliphatic rings. The first-order valence-corrected chi connectivity index (χ1v) is 6.76. The summed E-state index contributed by atoms with van der Waals surface area (Å²) in [4.78, 5) is 2.39. The van der Waals surface area contributed by atoms with Crippen LogP contribution in [-0.2, 0) is 4.74 Å². The molecule has 0 amide bonds. The van der Waals surface area contributed by atoms with Crippen molar-refractivity contribution in [1.29, 1.82) is 0 Å². The van der Waals surface area contributed by atoms with Gasteiger partial charge in [-0.2, -0.15) is 0 Å². The lowest BCUT2D eigenvalue weighted by atomic mass is 10.2. The van der Waals surface area contributed by atoms with E-state index < -0.39 is 0 Å². The van der Waals surface area contributed by atoms with Gasteiger partial charge in [0, 0.05) is 13.1 Å². The van der Waals surface area contributed by atoms with Gasteiger partial charge in [0.25, 0.3) is 0 Å². The average Bonchev–Trinajstić information content (AvgIpc) is 2.38. The summed E-state index contributed by atoms with van der Waals surface area (Å²) in [6.45, 7) is 3.68. The van der Waals surface area contributed by atoms with Gasteiger partial charge in [0.05, 0.1) is 18.2 Å². The van der Waals surface area contributed by atoms with Gasteiger partial charge in [0.1, 0.15) is 0 Å². The molecule has 0 aromatic heterocycles. The van der Waals surface area contributed by atoms with Gasteiger partial charge < -0.3 is 9.64 Å². The molecule has 86 valence electrons. The lowest BCUT2D eigenvalue weighted by Gasteiger charge is -2.30. The maximum Gasteiger partial charge on any atom is 0.0712 e. The molecule has 0 aliphatic carbocycles. The van der Waals surface area contributed by atoms with Crippen molar-refractivity contribution in [1.82, 2.24) is 4.90 Å². The minimum atomic E-state index is 0.840. The number of hydrogen-bond donors (Lipinski definition) is 0. The van der Waals surface area contributed by atoms with Gasteiger partial charge in [-0.05, 0) is 17.9 Å². The first-order valence-electron chi connectivity index (χ1n) is 5.53. The molecule has 3 heteroatoms. The van der Waals surface area contributed by atoms with Crippen molar-refractivity contribution in [2.75, 3.05) is 32.6 Å². The molecule has 1 saturated heterocycles. The number of hydrogen-bond acceptors (Lipinski definition) is 3. The van der Waals surface area contributed by atoms with Gasteiger partial charge in [0.15, 0.2) is 0 Å². The SMILES string of the molecule is CS/C(=C\c1ccccc1)N1CCOCC1. The Bertz CT molecular complexity index is 344. The second-order valence-electron chi connectivity index (χ2n) is 3.70. The van der Waals surface area contributed by atoms with E-state index in [0.29, 0.717) is 0 Å². The molecule has 0 atom stereocenters. The fraction of sp³-hybridized carbons (Fsp3) is 0.385. The third-order valence-electron chi connectivity index (χ3n) is 2.62. The van der Waals surface area contributed by atoms with Gasteiger partial charge in [-0.15, -0.1) is 11.8 Å². The molecule has 1 aliphatic heterocycles. The van der Waals surface area contributed by atoms with E-state index in [9.17, 15) is 0 Å². The van der Waals surface area contributed by atoms with Crippen LogP contribution >= 0.6 is 11.8 Å². The highest BCUT2D eigenvalue weighted by Crippen LogP contribution is 2.21. The Labute approximate surface area is 101 Å². The van der Waals surface area contributed by atoms with Gasteiger partial charge in [-0.3, -0.25) is 0 Å². The number of ether oxygens (including phenoxy) is 1. The second-order valence-corrected chi connectivity index (χ2v) is 4.52. The molecule has 1 aromatic carbocycles. The number of rotatable bonds is 3. The summed E-state index contributed by atoms with van der Waals surface area (Å²) < 4.78 is 5.37. The Balaban J connectivity index is 2.12. The zero-order valence-corrected chi connectivity index (χ0v) is 10.4. The Kier molecular flexibility index (Phi) is 4.31. The van der Waals surface area contributed by atoms with Crippen molar-refractivity contribution in [3.8, 4) is 0 Å². The van der Waals surface area contributed by atoms with Gasteiger partial charge in [0.2, 0.25) is 0 Å². The van der Waals surface area contributed by atoms with Crippen molar-refractivity contribution >= 4 is 17.8 Å². The van der Waals surface area contributed by atoms with Crippen LogP contribution in [0.4, 0.5) is 0 Å². The Morgan fingerprint density at radius 1 is 1.25 bits per heavy atom. The van der Waals surface area contributed by atoms with Crippen LogP contribution in [0, 0.1) is 0 Å². The van der Waals surface area contributed by atoms with Crippen molar-refractivity contribution in [2.45, 2.75) is 0 Å². The molecule has 1 aromatic rings. The standard InChI is InChI=1S/C13H17NOS/c1-16-13(14-7-9-15-10-8-14)11-12-5-3-2-4-6-12/h2-6,11H,7-10H2,1H3/b13-11-. The smallest absolute Gasteiger partial charge is 0.0712 e. The van der Waals surface area contributed by atoms with Crippen LogP contribution in [-0.4, -0.2) is 37.5 Å². The predicted molar refractivity (Wildman–Crippen MR) is 70.3 cm³/mol. The minimum Gasteiger partial charge on any atom is -0.378 e. The van der Waals surface area contributed by atoms with Crippen LogP contribution in [0.15, 0.2) is 35.4 Å². The van der Waals surface area contributed by atoms with E-state index in [1.807, 2.05) is 6.07 Å². The summed E-state index contributed by atoms with van der Waals surface area (Å²) >= 11 is 1.80. The second kappa shape index (κ2) is 5.97. The Hall–Kier alpha value is -0.930. The van der Waals surface area contributed by atoms with Gasteiger partial charge in [-0.25, -0.2) is 0 Å². The zero-order valence-electron chi connectivity index (χ0n) is 9.56. The highest BCUT2D eigenvalue weighted by atomic mass is 32.2. The van der Waals surface area contributed by atoms with E-state index in [-0.39, 0.29) is 0 Å².